The van der Waals surface area contributed by atoms with E-state index in [-0.39, 0.29) is 48.8 Å². The minimum absolute atomic E-state index is 0.0862. The fraction of sp³-hybridized carbons (Fsp3) is 0.214. The lowest BCUT2D eigenvalue weighted by atomic mass is 9.79. The maximum Gasteiger partial charge on any atom is 0.262 e. The molecule has 0 saturated carbocycles. The number of hydrogen-bond acceptors (Lipinski definition) is 12. The van der Waals surface area contributed by atoms with Crippen LogP contribution in [0.25, 0.3) is 24.3 Å². The Balaban J connectivity index is 0.968. The molecule has 16 nitrogen and oxygen atoms in total. The molecule has 0 fully saturated rings. The fourth-order valence-corrected chi connectivity index (χ4v) is 15.0. The van der Waals surface area contributed by atoms with Gasteiger partial charge in [0.1, 0.15) is 23.0 Å². The number of fused-ring (bicyclic) bond motifs is 8. The van der Waals surface area contributed by atoms with Gasteiger partial charge in [-0.2, -0.15) is 0 Å². The quantitative estimate of drug-likeness (QED) is 0.0266. The molecule has 0 saturated heterocycles. The number of nitrogens with one attached hydrogen (secondary N) is 4. The first kappa shape index (κ1) is 91.1. The van der Waals surface area contributed by atoms with Gasteiger partial charge < -0.3 is 40.2 Å². The average Bonchev–Trinajstić information content (AvgIpc) is 0.756. The lowest BCUT2D eigenvalue weighted by molar-refractivity contribution is -0.118. The van der Waals surface area contributed by atoms with Crippen LogP contribution in [0.5, 0.6) is 23.0 Å². The van der Waals surface area contributed by atoms with Crippen LogP contribution in [0.1, 0.15) is 214 Å². The largest absolute Gasteiger partial charge is 0.483 e. The Morgan fingerprint density at radius 3 is 0.594 bits per heavy atom. The van der Waals surface area contributed by atoms with E-state index in [0.717, 1.165) is 44.5 Å². The molecule has 128 heavy (non-hydrogen) atoms. The minimum atomic E-state index is -0.533. The second-order valence-corrected chi connectivity index (χ2v) is 36.3. The zero-order chi connectivity index (χ0) is 90.9. The molecule has 1 aliphatic carbocycles. The summed E-state index contributed by atoms with van der Waals surface area (Å²) in [7, 11) is 0. The van der Waals surface area contributed by atoms with E-state index in [1.54, 1.807) is 121 Å². The van der Waals surface area contributed by atoms with Crippen LogP contribution in [0.4, 0.5) is 22.7 Å². The summed E-state index contributed by atoms with van der Waals surface area (Å²) in [5, 5.41) is 12.1. The molecule has 13 rings (SSSR count). The van der Waals surface area contributed by atoms with Crippen LogP contribution in [0.2, 0.25) is 0 Å². The number of hydrogen-bond donors (Lipinski definition) is 4. The van der Waals surface area contributed by atoms with Crippen LogP contribution in [0.3, 0.4) is 0 Å². The van der Waals surface area contributed by atoms with Crippen molar-refractivity contribution in [3.63, 3.8) is 0 Å². The molecule has 12 aromatic carbocycles. The molecule has 0 aliphatic heterocycles. The normalized spacial score (nSPS) is 12.3. The van der Waals surface area contributed by atoms with E-state index in [2.05, 4.69) is 153 Å². The number of carbonyl (C=O) groups excluding carboxylic acids is 8. The Morgan fingerprint density at radius 2 is 0.422 bits per heavy atom. The molecule has 4 N–H and O–H groups in total. The van der Waals surface area contributed by atoms with Crippen molar-refractivity contribution in [1.82, 2.24) is 0 Å². The van der Waals surface area contributed by atoms with Crippen molar-refractivity contribution in [1.29, 1.82) is 0 Å². The lowest BCUT2D eigenvalue weighted by Gasteiger charge is -2.29. The summed E-state index contributed by atoms with van der Waals surface area (Å²) >= 11 is 0. The zero-order valence-corrected chi connectivity index (χ0v) is 74.6. The summed E-state index contributed by atoms with van der Waals surface area (Å²) in [6.07, 6.45) is 13.3. The molecule has 12 aromatic rings. The number of rotatable bonds is 28. The van der Waals surface area contributed by atoms with Gasteiger partial charge in [-0.05, 0) is 184 Å². The molecular weight excluding hydrogens is 1590 g/mol. The highest BCUT2D eigenvalue weighted by molar-refractivity contribution is 6.10. The fourth-order valence-electron chi connectivity index (χ4n) is 15.0. The number of anilines is 4. The van der Waals surface area contributed by atoms with Gasteiger partial charge in [0.25, 0.3) is 23.6 Å². The van der Waals surface area contributed by atoms with Crippen LogP contribution < -0.4 is 40.2 Å². The molecule has 0 heterocycles. The van der Waals surface area contributed by atoms with Crippen molar-refractivity contribution in [3.8, 4) is 23.0 Å². The third-order valence-electron chi connectivity index (χ3n) is 22.0. The van der Waals surface area contributed by atoms with E-state index < -0.39 is 71.7 Å². The van der Waals surface area contributed by atoms with Gasteiger partial charge in [0, 0.05) is 70.7 Å². The molecule has 648 valence electrons. The number of carbonyl (C=O) groups is 8. The average molecular weight is 1700 g/mol. The molecule has 0 unspecified atom stereocenters. The topological polar surface area (TPSA) is 222 Å². The van der Waals surface area contributed by atoms with Crippen molar-refractivity contribution in [2.24, 2.45) is 0 Å². The maximum absolute atomic E-state index is 14.9. The van der Waals surface area contributed by atoms with Crippen molar-refractivity contribution >= 4 is 93.8 Å². The number of benzene rings is 12. The van der Waals surface area contributed by atoms with Gasteiger partial charge in [-0.3, -0.25) is 38.4 Å². The van der Waals surface area contributed by atoms with Gasteiger partial charge in [-0.15, -0.1) is 0 Å². The number of ether oxygens (including phenoxy) is 4. The lowest BCUT2D eigenvalue weighted by Crippen LogP contribution is -2.24. The van der Waals surface area contributed by atoms with E-state index in [4.69, 9.17) is 18.9 Å². The highest BCUT2D eigenvalue weighted by Gasteiger charge is 2.32. The van der Waals surface area contributed by atoms with E-state index in [1.807, 2.05) is 121 Å². The first-order valence-electron chi connectivity index (χ1n) is 43.0. The van der Waals surface area contributed by atoms with Gasteiger partial charge >= 0.3 is 0 Å². The van der Waals surface area contributed by atoms with Crippen LogP contribution >= 0.6 is 0 Å². The van der Waals surface area contributed by atoms with E-state index >= 15 is 0 Å². The first-order valence-corrected chi connectivity index (χ1v) is 43.0. The standard InChI is InChI=1S/C112H108N4O12/c1-109(2,3)89-57-81-53-83-59-90(110(4,5)6)61-85(106(83)126-70-102(122)114-94-42-26-38-78(66-94)98(118)50-46-74-31-19-14-20-32-74)55-87-63-92(112(10,11)12)64-88(108(87)128-72-104(124)116-96-44-28-40-80(68-96)100(120)52-48-76-35-23-16-24-36-76)56-86-62-91(111(7,8)9)60-84(107(86)127-71-103(123)115-95-43-27-39-79(67-95)99(119)51-47-75-33-21-15-22-34-75)54-82(58-89)105(81)125-69-101(121)113-93-41-25-37-77(65-93)97(117)49-45-73-29-17-13-18-30-73/h13-52,57-68H,53-56,69-72H2,1-12H3,(H,113,121)(H,114,122)(H,115,123)(H,116,124)/b49-45+,50-46+,51-47+,52-48+. The van der Waals surface area contributed by atoms with Crippen molar-refractivity contribution in [3.05, 3.63) is 402 Å². The number of ketones is 4. The number of allylic oxidation sites excluding steroid dienone is 4. The molecule has 8 bridgehead atoms. The van der Waals surface area contributed by atoms with Crippen molar-refractivity contribution in [2.75, 3.05) is 47.7 Å². The summed E-state index contributed by atoms with van der Waals surface area (Å²) in [5.41, 5.74) is 13.0. The molecule has 4 amide bonds. The van der Waals surface area contributed by atoms with Gasteiger partial charge in [-0.25, -0.2) is 0 Å². The van der Waals surface area contributed by atoms with Crippen LogP contribution in [-0.2, 0) is 66.5 Å². The third kappa shape index (κ3) is 24.9. The molecule has 0 atom stereocenters. The van der Waals surface area contributed by atoms with E-state index in [1.165, 1.54) is 24.3 Å². The molecule has 16 heteroatoms. The Hall–Kier alpha value is -14.6. The summed E-state index contributed by atoms with van der Waals surface area (Å²) < 4.78 is 28.6. The molecular formula is C112H108N4O12. The predicted molar refractivity (Wildman–Crippen MR) is 513 cm³/mol. The second kappa shape index (κ2) is 40.6. The van der Waals surface area contributed by atoms with Crippen LogP contribution in [-0.4, -0.2) is 73.2 Å². The molecule has 0 radical (unpaired) electrons. The molecule has 0 spiro atoms. The number of amides is 4. The van der Waals surface area contributed by atoms with Crippen molar-refractivity contribution in [2.45, 2.75) is 130 Å². The highest BCUT2D eigenvalue weighted by Crippen LogP contribution is 2.45. The highest BCUT2D eigenvalue weighted by atomic mass is 16.5. The Labute approximate surface area is 750 Å². The summed E-state index contributed by atoms with van der Waals surface area (Å²) in [6, 6.07) is 81.7. The van der Waals surface area contributed by atoms with Crippen molar-refractivity contribution < 1.29 is 57.3 Å². The smallest absolute Gasteiger partial charge is 0.262 e. The zero-order valence-electron chi connectivity index (χ0n) is 74.6. The van der Waals surface area contributed by atoms with Gasteiger partial charge in [0.2, 0.25) is 0 Å². The van der Waals surface area contributed by atoms with Crippen LogP contribution in [0.15, 0.2) is 291 Å². The monoisotopic (exact) mass is 1700 g/mol. The summed E-state index contributed by atoms with van der Waals surface area (Å²) in [6.45, 7) is 23.4. The summed E-state index contributed by atoms with van der Waals surface area (Å²) in [5.74, 6) is -1.69. The van der Waals surface area contributed by atoms with E-state index in [0.29, 0.717) is 113 Å². The Morgan fingerprint density at radius 1 is 0.242 bits per heavy atom. The third-order valence-corrected chi connectivity index (χ3v) is 22.0. The Kier molecular flexibility index (Phi) is 28.9. The molecule has 0 aromatic heterocycles. The van der Waals surface area contributed by atoms with Gasteiger partial charge in [0.05, 0.1) is 0 Å². The first-order chi connectivity index (χ1) is 61.2. The predicted octanol–water partition coefficient (Wildman–Crippen LogP) is 23.2. The second-order valence-electron chi connectivity index (χ2n) is 36.3. The minimum Gasteiger partial charge on any atom is -0.483 e. The van der Waals surface area contributed by atoms with Gasteiger partial charge in [-0.1, -0.05) is 326 Å². The summed E-state index contributed by atoms with van der Waals surface area (Å²) in [4.78, 5) is 115. The maximum atomic E-state index is 14.9. The SMILES string of the molecule is CC(C)(C)c1cc2c(OCC(=O)Nc3cccc(C(=O)/C=C/c4ccccc4)c3)c(c1)Cc1cc(C(C)(C)C)cc(c1OCC(=O)Nc1cccc(C(=O)/C=C/c3ccccc3)c1)Cc1cc(C(C)(C)C)cc(c1OCC(=O)Nc1cccc(C(=O)/C=C/c3ccccc3)c1)Cc1cc(C(C)(C)C)cc(c1OCC(=O)Nc1cccc(C(=O)/C=C/c3ccccc3)c1)C2. The van der Waals surface area contributed by atoms with E-state index in [9.17, 15) is 38.4 Å². The van der Waals surface area contributed by atoms with Gasteiger partial charge in [0.15, 0.2) is 49.6 Å². The molecule has 1 aliphatic rings. The van der Waals surface area contributed by atoms with Crippen LogP contribution in [0, 0.1) is 0 Å². The Bertz CT molecular complexity index is 5420.